The van der Waals surface area contributed by atoms with Crippen molar-refractivity contribution in [1.29, 1.82) is 0 Å². The van der Waals surface area contributed by atoms with E-state index in [2.05, 4.69) is 53.3 Å². The third-order valence-corrected chi connectivity index (χ3v) is 8.13. The molecular weight excluding hydrogens is 348 g/mol. The molecule has 3 aromatic rings. The number of H-pyrrole nitrogens is 1. The quantitative estimate of drug-likeness (QED) is 0.702. The lowest BCUT2D eigenvalue weighted by molar-refractivity contribution is -0.0252. The van der Waals surface area contributed by atoms with Crippen molar-refractivity contribution in [3.8, 4) is 11.5 Å². The van der Waals surface area contributed by atoms with E-state index in [0.29, 0.717) is 12.0 Å². The summed E-state index contributed by atoms with van der Waals surface area (Å²) in [7, 11) is 4.07. The highest BCUT2D eigenvalue weighted by Crippen LogP contribution is 2.67. The van der Waals surface area contributed by atoms with Gasteiger partial charge in [-0.15, -0.1) is 0 Å². The standard InChI is InChI=1S/C24H24N2O2/c1-26-10-9-24-16-12-15-14-5-3-4-6-17(14)25-21(15)23(24)28-22-19(27-2)8-7-13(20(22)24)11-18(16)26/h3-8,16,18,23,25H,9-12H2,1-2H3/t16-,18+,23+,24-/m0/s1. The van der Waals surface area contributed by atoms with E-state index >= 15 is 0 Å². The molecule has 1 N–H and O–H groups in total. The van der Waals surface area contributed by atoms with Crippen LogP contribution in [0.1, 0.15) is 34.9 Å². The Balaban J connectivity index is 1.57. The number of methoxy groups -OCH3 is 1. The molecule has 7 rings (SSSR count). The highest BCUT2D eigenvalue weighted by Gasteiger charge is 2.65. The minimum atomic E-state index is 0.0650. The normalized spacial score (nSPS) is 32.0. The van der Waals surface area contributed by atoms with Crippen molar-refractivity contribution in [2.45, 2.75) is 36.8 Å². The predicted octanol–water partition coefficient (Wildman–Crippen LogP) is 3.98. The molecule has 0 saturated carbocycles. The highest BCUT2D eigenvalue weighted by molar-refractivity contribution is 5.86. The first-order valence-electron chi connectivity index (χ1n) is 10.4. The predicted molar refractivity (Wildman–Crippen MR) is 108 cm³/mol. The molecule has 4 heteroatoms. The fourth-order valence-electron chi connectivity index (χ4n) is 6.96. The van der Waals surface area contributed by atoms with Gasteiger partial charge in [0.1, 0.15) is 6.10 Å². The number of nitrogens with one attached hydrogen (secondary N) is 1. The van der Waals surface area contributed by atoms with Crippen molar-refractivity contribution in [3.05, 3.63) is 58.8 Å². The lowest BCUT2D eigenvalue weighted by Gasteiger charge is -2.57. The molecule has 142 valence electrons. The number of likely N-dealkylation sites (N-methyl/N-ethyl adjacent to an activating group) is 1. The first-order chi connectivity index (χ1) is 13.7. The number of para-hydroxylation sites is 1. The van der Waals surface area contributed by atoms with E-state index in [1.807, 2.05) is 0 Å². The smallest absolute Gasteiger partial charge is 0.166 e. The van der Waals surface area contributed by atoms with Gasteiger partial charge in [-0.05, 0) is 62.0 Å². The van der Waals surface area contributed by atoms with Gasteiger partial charge in [-0.25, -0.2) is 0 Å². The molecule has 2 bridgehead atoms. The maximum atomic E-state index is 6.82. The fraction of sp³-hybridized carbons (Fsp3) is 0.417. The third-order valence-electron chi connectivity index (χ3n) is 8.13. The number of aromatic amines is 1. The summed E-state index contributed by atoms with van der Waals surface area (Å²) in [6, 6.07) is 13.7. The van der Waals surface area contributed by atoms with Crippen LogP contribution in [0, 0.1) is 5.92 Å². The molecule has 2 aliphatic heterocycles. The van der Waals surface area contributed by atoms with Gasteiger partial charge in [0.15, 0.2) is 11.5 Å². The minimum Gasteiger partial charge on any atom is -0.493 e. The molecule has 4 nitrogen and oxygen atoms in total. The molecule has 0 unspecified atom stereocenters. The zero-order valence-electron chi connectivity index (χ0n) is 16.3. The number of nitrogens with zero attached hydrogens (tertiary/aromatic N) is 1. The largest absolute Gasteiger partial charge is 0.493 e. The molecule has 4 aliphatic rings. The number of likely N-dealkylation sites (tertiary alicyclic amines) is 1. The zero-order valence-corrected chi connectivity index (χ0v) is 16.3. The van der Waals surface area contributed by atoms with Crippen LogP contribution in [0.3, 0.4) is 0 Å². The van der Waals surface area contributed by atoms with Gasteiger partial charge in [0.25, 0.3) is 0 Å². The lowest BCUT2D eigenvalue weighted by Crippen LogP contribution is -2.62. The summed E-state index contributed by atoms with van der Waals surface area (Å²) in [6.45, 7) is 1.13. The van der Waals surface area contributed by atoms with E-state index < -0.39 is 0 Å². The van der Waals surface area contributed by atoms with Crippen LogP contribution in [0.4, 0.5) is 0 Å². The van der Waals surface area contributed by atoms with E-state index in [4.69, 9.17) is 9.47 Å². The number of benzene rings is 2. The van der Waals surface area contributed by atoms with Gasteiger partial charge in [-0.2, -0.15) is 0 Å². The van der Waals surface area contributed by atoms with E-state index in [1.165, 1.54) is 33.3 Å². The van der Waals surface area contributed by atoms with Gasteiger partial charge in [0.2, 0.25) is 0 Å². The molecule has 2 aromatic carbocycles. The minimum absolute atomic E-state index is 0.0650. The van der Waals surface area contributed by atoms with Crippen molar-refractivity contribution < 1.29 is 9.47 Å². The van der Waals surface area contributed by atoms with Crippen LogP contribution in [-0.4, -0.2) is 36.6 Å². The van der Waals surface area contributed by atoms with Gasteiger partial charge in [0, 0.05) is 27.9 Å². The molecule has 4 atom stereocenters. The summed E-state index contributed by atoms with van der Waals surface area (Å²) in [5.74, 6) is 2.48. The van der Waals surface area contributed by atoms with E-state index in [0.717, 1.165) is 37.3 Å². The molecule has 0 amide bonds. The average molecular weight is 372 g/mol. The molecule has 1 aromatic heterocycles. The third kappa shape index (κ3) is 1.56. The number of ether oxygens (including phenoxy) is 2. The molecule has 1 spiro atoms. The van der Waals surface area contributed by atoms with Crippen molar-refractivity contribution in [2.24, 2.45) is 5.92 Å². The highest BCUT2D eigenvalue weighted by atomic mass is 16.5. The van der Waals surface area contributed by atoms with Crippen molar-refractivity contribution >= 4 is 10.9 Å². The Morgan fingerprint density at radius 3 is 2.96 bits per heavy atom. The maximum absolute atomic E-state index is 6.82. The van der Waals surface area contributed by atoms with Crippen LogP contribution in [0.2, 0.25) is 0 Å². The Morgan fingerprint density at radius 1 is 1.18 bits per heavy atom. The van der Waals surface area contributed by atoms with Crippen LogP contribution >= 0.6 is 0 Å². The molecule has 0 radical (unpaired) electrons. The second-order valence-electron chi connectivity index (χ2n) is 9.04. The Kier molecular flexibility index (Phi) is 2.72. The Bertz CT molecular complexity index is 1150. The van der Waals surface area contributed by atoms with E-state index in [9.17, 15) is 0 Å². The Hall–Kier alpha value is -2.46. The second-order valence-corrected chi connectivity index (χ2v) is 9.04. The molecular formula is C24H24N2O2. The van der Waals surface area contributed by atoms with Gasteiger partial charge in [0.05, 0.1) is 12.8 Å². The van der Waals surface area contributed by atoms with Crippen LogP contribution in [0.15, 0.2) is 36.4 Å². The zero-order chi connectivity index (χ0) is 18.6. The summed E-state index contributed by atoms with van der Waals surface area (Å²) in [4.78, 5) is 6.35. The average Bonchev–Trinajstić information content (AvgIpc) is 3.25. The molecule has 28 heavy (non-hydrogen) atoms. The van der Waals surface area contributed by atoms with Crippen LogP contribution in [0.5, 0.6) is 11.5 Å². The Morgan fingerprint density at radius 2 is 2.07 bits per heavy atom. The number of hydrogen-bond donors (Lipinski definition) is 1. The van der Waals surface area contributed by atoms with Crippen molar-refractivity contribution in [3.63, 3.8) is 0 Å². The van der Waals surface area contributed by atoms with Crippen molar-refractivity contribution in [1.82, 2.24) is 9.88 Å². The maximum Gasteiger partial charge on any atom is 0.166 e. The summed E-state index contributed by atoms with van der Waals surface area (Å²) in [6.07, 6.45) is 3.46. The van der Waals surface area contributed by atoms with Gasteiger partial charge >= 0.3 is 0 Å². The number of aromatic nitrogens is 1. The molecule has 3 heterocycles. The topological polar surface area (TPSA) is 37.5 Å². The summed E-state index contributed by atoms with van der Waals surface area (Å²) < 4.78 is 12.6. The van der Waals surface area contributed by atoms with Gasteiger partial charge in [-0.1, -0.05) is 24.3 Å². The van der Waals surface area contributed by atoms with Gasteiger partial charge in [-0.3, -0.25) is 0 Å². The summed E-state index contributed by atoms with van der Waals surface area (Å²) >= 11 is 0. The van der Waals surface area contributed by atoms with Crippen LogP contribution < -0.4 is 9.47 Å². The van der Waals surface area contributed by atoms with Crippen LogP contribution in [-0.2, 0) is 18.3 Å². The SMILES string of the molecule is COc1ccc2c3c1O[C@@H]1c4[nH]c5ccccc5c4C[C@H]4[C@@H](C2)N(C)CC[C@]314. The van der Waals surface area contributed by atoms with Crippen molar-refractivity contribution in [2.75, 3.05) is 20.7 Å². The second kappa shape index (κ2) is 4.93. The number of hydrogen-bond acceptors (Lipinski definition) is 3. The number of piperidine rings is 1. The first kappa shape index (κ1) is 15.5. The first-order valence-corrected chi connectivity index (χ1v) is 10.4. The van der Waals surface area contributed by atoms with E-state index in [-0.39, 0.29) is 11.5 Å². The van der Waals surface area contributed by atoms with Crippen LogP contribution in [0.25, 0.3) is 10.9 Å². The molecule has 1 saturated heterocycles. The number of fused-ring (bicyclic) bond motifs is 4. The van der Waals surface area contributed by atoms with E-state index in [1.54, 1.807) is 7.11 Å². The molecule has 2 aliphatic carbocycles. The Labute approximate surface area is 164 Å². The fourth-order valence-corrected chi connectivity index (χ4v) is 6.96. The molecule has 1 fully saturated rings. The van der Waals surface area contributed by atoms with Gasteiger partial charge < -0.3 is 19.4 Å². The summed E-state index contributed by atoms with van der Waals surface area (Å²) in [5.41, 5.74) is 6.99. The summed E-state index contributed by atoms with van der Waals surface area (Å²) in [5, 5.41) is 1.37. The lowest BCUT2D eigenvalue weighted by atomic mass is 9.52. The monoisotopic (exact) mass is 372 g/mol. The number of rotatable bonds is 1.